The topological polar surface area (TPSA) is 87.6 Å². The molecule has 3 N–H and O–H groups in total. The number of nitrogens with one attached hydrogen (secondary N) is 3. The smallest absolute Gasteiger partial charge is 0.251 e. The predicted molar refractivity (Wildman–Crippen MR) is 102 cm³/mol. The van der Waals surface area contributed by atoms with Gasteiger partial charge in [-0.3, -0.25) is 9.78 Å². The molecule has 0 aliphatic carbocycles. The van der Waals surface area contributed by atoms with Crippen molar-refractivity contribution in [2.75, 3.05) is 26.7 Å². The fourth-order valence-electron chi connectivity index (χ4n) is 2.22. The fraction of sp³-hybridized carbons (Fsp3) is 0.316. The Hall–Kier alpha value is -3.09. The predicted octanol–water partition coefficient (Wildman–Crippen LogP) is 1.58. The summed E-state index contributed by atoms with van der Waals surface area (Å²) >= 11 is 0. The number of nitrogens with zero attached hydrogens (tertiary/aromatic N) is 2. The van der Waals surface area contributed by atoms with Gasteiger partial charge in [0, 0.05) is 31.4 Å². The lowest BCUT2D eigenvalue weighted by molar-refractivity contribution is 0.0954. The summed E-state index contributed by atoms with van der Waals surface area (Å²) in [6.45, 7) is 4.28. The number of aliphatic imine (C=N–C) groups is 1. The number of pyridine rings is 1. The van der Waals surface area contributed by atoms with Crippen molar-refractivity contribution in [3.05, 3.63) is 59.9 Å². The molecule has 1 aromatic carbocycles. The Morgan fingerprint density at radius 1 is 1.12 bits per heavy atom. The summed E-state index contributed by atoms with van der Waals surface area (Å²) in [6.07, 6.45) is 1.75. The number of rotatable bonds is 8. The maximum absolute atomic E-state index is 12.1. The number of hydrogen-bond donors (Lipinski definition) is 3. The minimum atomic E-state index is -0.138. The standard InChI is InChI=1S/C19H25N5O2/c1-3-20-19(24-14-16-8-4-5-10-21-16)23-12-11-22-18(25)15-7-6-9-17(13-15)26-2/h4-10,13H,3,11-12,14H2,1-2H3,(H,22,25)(H2,20,23,24). The van der Waals surface area contributed by atoms with Crippen molar-refractivity contribution in [2.45, 2.75) is 13.5 Å². The van der Waals surface area contributed by atoms with Crippen LogP contribution in [0.1, 0.15) is 23.0 Å². The average molecular weight is 355 g/mol. The maximum atomic E-state index is 12.1. The third kappa shape index (κ3) is 6.43. The quantitative estimate of drug-likeness (QED) is 0.380. The summed E-state index contributed by atoms with van der Waals surface area (Å²) in [6, 6.07) is 12.8. The summed E-state index contributed by atoms with van der Waals surface area (Å²) in [4.78, 5) is 20.9. The number of aromatic nitrogens is 1. The van der Waals surface area contributed by atoms with E-state index in [1.54, 1.807) is 37.6 Å². The van der Waals surface area contributed by atoms with E-state index in [4.69, 9.17) is 4.74 Å². The summed E-state index contributed by atoms with van der Waals surface area (Å²) in [5.41, 5.74) is 1.47. The number of carbonyl (C=O) groups is 1. The third-order valence-corrected chi connectivity index (χ3v) is 3.50. The molecule has 0 atom stereocenters. The average Bonchev–Trinajstić information content (AvgIpc) is 2.69. The first-order valence-electron chi connectivity index (χ1n) is 8.57. The molecule has 0 aliphatic heterocycles. The van der Waals surface area contributed by atoms with E-state index in [-0.39, 0.29) is 5.91 Å². The molecule has 7 nitrogen and oxygen atoms in total. The van der Waals surface area contributed by atoms with E-state index in [9.17, 15) is 4.79 Å². The second-order valence-electron chi connectivity index (χ2n) is 5.43. The van der Waals surface area contributed by atoms with Gasteiger partial charge in [0.15, 0.2) is 5.96 Å². The van der Waals surface area contributed by atoms with Crippen molar-refractivity contribution in [1.29, 1.82) is 0 Å². The van der Waals surface area contributed by atoms with Crippen LogP contribution >= 0.6 is 0 Å². The summed E-state index contributed by atoms with van der Waals surface area (Å²) in [5.74, 6) is 1.21. The van der Waals surface area contributed by atoms with Crippen LogP contribution in [0.25, 0.3) is 0 Å². The Kier molecular flexibility index (Phi) is 7.92. The van der Waals surface area contributed by atoms with E-state index >= 15 is 0 Å². The monoisotopic (exact) mass is 355 g/mol. The van der Waals surface area contributed by atoms with Crippen LogP contribution in [-0.4, -0.2) is 43.6 Å². The first-order valence-corrected chi connectivity index (χ1v) is 8.57. The Labute approximate surface area is 153 Å². The lowest BCUT2D eigenvalue weighted by Gasteiger charge is -2.12. The molecule has 2 rings (SSSR count). The summed E-state index contributed by atoms with van der Waals surface area (Å²) < 4.78 is 5.13. The van der Waals surface area contributed by atoms with Gasteiger partial charge >= 0.3 is 0 Å². The van der Waals surface area contributed by atoms with E-state index < -0.39 is 0 Å². The van der Waals surface area contributed by atoms with E-state index in [0.717, 1.165) is 12.2 Å². The van der Waals surface area contributed by atoms with Crippen molar-refractivity contribution in [3.63, 3.8) is 0 Å². The second-order valence-corrected chi connectivity index (χ2v) is 5.43. The van der Waals surface area contributed by atoms with Crippen molar-refractivity contribution in [2.24, 2.45) is 4.99 Å². The largest absolute Gasteiger partial charge is 0.497 e. The maximum Gasteiger partial charge on any atom is 0.251 e. The van der Waals surface area contributed by atoms with Crippen molar-refractivity contribution in [1.82, 2.24) is 20.9 Å². The lowest BCUT2D eigenvalue weighted by atomic mass is 10.2. The van der Waals surface area contributed by atoms with Gasteiger partial charge in [-0.05, 0) is 37.3 Å². The van der Waals surface area contributed by atoms with E-state index in [1.807, 2.05) is 25.1 Å². The van der Waals surface area contributed by atoms with Gasteiger partial charge in [0.05, 0.1) is 19.3 Å². The number of ether oxygens (including phenoxy) is 1. The van der Waals surface area contributed by atoms with Crippen molar-refractivity contribution < 1.29 is 9.53 Å². The highest BCUT2D eigenvalue weighted by atomic mass is 16.5. The molecule has 0 radical (unpaired) electrons. The minimum Gasteiger partial charge on any atom is -0.497 e. The summed E-state index contributed by atoms with van der Waals surface area (Å²) in [7, 11) is 1.58. The zero-order valence-corrected chi connectivity index (χ0v) is 15.2. The summed E-state index contributed by atoms with van der Waals surface area (Å²) in [5, 5.41) is 9.23. The Morgan fingerprint density at radius 2 is 1.96 bits per heavy atom. The molecule has 26 heavy (non-hydrogen) atoms. The molecule has 0 bridgehead atoms. The molecule has 0 unspecified atom stereocenters. The van der Waals surface area contributed by atoms with Crippen LogP contribution in [0.2, 0.25) is 0 Å². The van der Waals surface area contributed by atoms with Crippen LogP contribution in [0.15, 0.2) is 53.7 Å². The molecule has 1 aromatic heterocycles. The van der Waals surface area contributed by atoms with Gasteiger partial charge < -0.3 is 20.7 Å². The Bertz CT molecular complexity index is 719. The van der Waals surface area contributed by atoms with Gasteiger partial charge in [0.1, 0.15) is 5.75 Å². The molecular formula is C19H25N5O2. The minimum absolute atomic E-state index is 0.138. The van der Waals surface area contributed by atoms with Gasteiger partial charge in [-0.1, -0.05) is 12.1 Å². The number of guanidine groups is 1. The molecule has 0 aliphatic rings. The molecular weight excluding hydrogens is 330 g/mol. The number of carbonyl (C=O) groups excluding carboxylic acids is 1. The molecule has 138 valence electrons. The highest BCUT2D eigenvalue weighted by Gasteiger charge is 2.06. The normalized spacial score (nSPS) is 10.9. The molecule has 1 amide bonds. The first-order chi connectivity index (χ1) is 12.7. The van der Waals surface area contributed by atoms with E-state index in [2.05, 4.69) is 25.9 Å². The molecule has 0 spiro atoms. The van der Waals surface area contributed by atoms with E-state index in [0.29, 0.717) is 36.9 Å². The molecule has 0 saturated heterocycles. The van der Waals surface area contributed by atoms with Crippen molar-refractivity contribution >= 4 is 11.9 Å². The highest BCUT2D eigenvalue weighted by Crippen LogP contribution is 2.12. The van der Waals surface area contributed by atoms with Gasteiger partial charge in [0.25, 0.3) is 5.91 Å². The lowest BCUT2D eigenvalue weighted by Crippen LogP contribution is -2.41. The zero-order valence-electron chi connectivity index (χ0n) is 15.2. The molecule has 1 heterocycles. The SMILES string of the molecule is CCNC(=NCc1ccccn1)NCCNC(=O)c1cccc(OC)c1. The molecule has 2 aromatic rings. The van der Waals surface area contributed by atoms with Crippen LogP contribution in [-0.2, 0) is 6.54 Å². The van der Waals surface area contributed by atoms with Crippen LogP contribution in [0.3, 0.4) is 0 Å². The van der Waals surface area contributed by atoms with Crippen LogP contribution in [0, 0.1) is 0 Å². The zero-order chi connectivity index (χ0) is 18.6. The molecule has 0 fully saturated rings. The van der Waals surface area contributed by atoms with Gasteiger partial charge in [-0.2, -0.15) is 0 Å². The third-order valence-electron chi connectivity index (χ3n) is 3.50. The first kappa shape index (κ1) is 19.2. The molecule has 7 heteroatoms. The van der Waals surface area contributed by atoms with Crippen LogP contribution in [0.4, 0.5) is 0 Å². The second kappa shape index (κ2) is 10.7. The molecule has 0 saturated carbocycles. The Balaban J connectivity index is 1.79. The van der Waals surface area contributed by atoms with Crippen molar-refractivity contribution in [3.8, 4) is 5.75 Å². The van der Waals surface area contributed by atoms with Gasteiger partial charge in [0.2, 0.25) is 0 Å². The van der Waals surface area contributed by atoms with Gasteiger partial charge in [-0.15, -0.1) is 0 Å². The number of amides is 1. The highest BCUT2D eigenvalue weighted by molar-refractivity contribution is 5.94. The Morgan fingerprint density at radius 3 is 2.69 bits per heavy atom. The van der Waals surface area contributed by atoms with Gasteiger partial charge in [-0.25, -0.2) is 4.99 Å². The van der Waals surface area contributed by atoms with E-state index in [1.165, 1.54) is 0 Å². The van der Waals surface area contributed by atoms with Crippen LogP contribution in [0.5, 0.6) is 5.75 Å². The number of methoxy groups -OCH3 is 1. The number of benzene rings is 1. The fourth-order valence-corrected chi connectivity index (χ4v) is 2.22. The number of hydrogen-bond acceptors (Lipinski definition) is 4. The van der Waals surface area contributed by atoms with Crippen LogP contribution < -0.4 is 20.7 Å².